The predicted molar refractivity (Wildman–Crippen MR) is 97.9 cm³/mol. The number of nitrogens with zero attached hydrogens (tertiary/aromatic N) is 3. The number of carbonyl (C=O) groups is 1. The van der Waals surface area contributed by atoms with Crippen molar-refractivity contribution in [3.63, 3.8) is 0 Å². The fourth-order valence-electron chi connectivity index (χ4n) is 2.71. The number of anilines is 1. The number of benzene rings is 2. The molecule has 1 aliphatic heterocycles. The normalized spacial score (nSPS) is 10.6. The lowest BCUT2D eigenvalue weighted by Crippen LogP contribution is -3.00. The summed E-state index contributed by atoms with van der Waals surface area (Å²) in [6.45, 7) is 0.670. The molecular weight excluding hydrogens is 354 g/mol. The van der Waals surface area contributed by atoms with Crippen LogP contribution in [0.15, 0.2) is 40.8 Å². The highest BCUT2D eigenvalue weighted by molar-refractivity contribution is 5.80. The Labute approximate surface area is 158 Å². The molecule has 7 heteroatoms. The number of aromatic nitrogens is 1. The van der Waals surface area contributed by atoms with Crippen molar-refractivity contribution in [2.75, 3.05) is 32.6 Å². The minimum Gasteiger partial charge on any atom is -1.00 e. The summed E-state index contributed by atoms with van der Waals surface area (Å²) < 4.78 is 8.08. The van der Waals surface area contributed by atoms with Crippen LogP contribution < -0.4 is 27.2 Å². The van der Waals surface area contributed by atoms with Crippen LogP contribution in [-0.4, -0.2) is 43.7 Å². The summed E-state index contributed by atoms with van der Waals surface area (Å²) in [4.78, 5) is 17.3. The highest BCUT2D eigenvalue weighted by atomic mass is 35.5. The Morgan fingerprint density at radius 3 is 2.69 bits per heavy atom. The fraction of sp³-hybridized carbons (Fsp3) is 0.316. The molecule has 0 aromatic heterocycles. The predicted octanol–water partition coefficient (Wildman–Crippen LogP) is -0.731. The molecule has 0 amide bonds. The topological polar surface area (TPSA) is 69.6 Å². The number of fused-ring (bicyclic) bond motifs is 2. The van der Waals surface area contributed by atoms with E-state index in [4.69, 9.17) is 9.52 Å². The number of carboxylic acids is 1. The second kappa shape index (κ2) is 8.19. The van der Waals surface area contributed by atoms with E-state index in [2.05, 4.69) is 4.98 Å². The Morgan fingerprint density at radius 2 is 2.00 bits per heavy atom. The zero-order valence-electron chi connectivity index (χ0n) is 15.1. The maximum Gasteiger partial charge on any atom is 0.303 e. The molecule has 0 fully saturated rings. The molecule has 1 aromatic rings. The van der Waals surface area contributed by atoms with Crippen molar-refractivity contribution in [3.8, 4) is 11.5 Å². The summed E-state index contributed by atoms with van der Waals surface area (Å²) in [5, 5.41) is 9.81. The van der Waals surface area contributed by atoms with Crippen molar-refractivity contribution in [2.45, 2.75) is 12.8 Å². The summed E-state index contributed by atoms with van der Waals surface area (Å²) in [5.74, 6) is -0.0290. The largest absolute Gasteiger partial charge is 1.00 e. The number of hydrogen-bond acceptors (Lipinski definition) is 4. The van der Waals surface area contributed by atoms with Gasteiger partial charge in [-0.1, -0.05) is 0 Å². The van der Waals surface area contributed by atoms with Gasteiger partial charge in [-0.2, -0.15) is 0 Å². The standard InChI is InChI=1S/C19H21N3O3.ClH/c1-21(2)13-6-8-15-17(11-13)25-18-12-14(7-9-16(18)20-15)22(3)10-4-5-19(23)24;/h6-9,11-12H,4-5,10H2,1-3H3;1H. The third kappa shape index (κ3) is 4.32. The lowest BCUT2D eigenvalue weighted by molar-refractivity contribution is -0.137. The van der Waals surface area contributed by atoms with E-state index in [1.807, 2.05) is 67.0 Å². The summed E-state index contributed by atoms with van der Waals surface area (Å²) in [7, 11) is 5.92. The van der Waals surface area contributed by atoms with Crippen LogP contribution in [0, 0.1) is 0 Å². The van der Waals surface area contributed by atoms with E-state index in [-0.39, 0.29) is 18.8 Å². The molecule has 3 rings (SSSR count). The van der Waals surface area contributed by atoms with E-state index >= 15 is 0 Å². The molecule has 138 valence electrons. The molecule has 0 atom stereocenters. The molecule has 0 unspecified atom stereocenters. The molecule has 26 heavy (non-hydrogen) atoms. The number of hydrogen-bond donors (Lipinski definition) is 1. The molecule has 0 saturated carbocycles. The lowest BCUT2D eigenvalue weighted by atomic mass is 10.2. The Bertz CT molecular complexity index is 964. The van der Waals surface area contributed by atoms with Crippen LogP contribution >= 0.6 is 0 Å². The van der Waals surface area contributed by atoms with Gasteiger partial charge in [0.2, 0.25) is 5.36 Å². The molecule has 0 spiro atoms. The van der Waals surface area contributed by atoms with E-state index in [9.17, 15) is 4.79 Å². The zero-order chi connectivity index (χ0) is 18.0. The Hall–Kier alpha value is -2.60. The average Bonchev–Trinajstić information content (AvgIpc) is 2.58. The van der Waals surface area contributed by atoms with E-state index < -0.39 is 5.97 Å². The van der Waals surface area contributed by atoms with Gasteiger partial charge in [-0.05, 0) is 24.6 Å². The fourth-order valence-corrected chi connectivity index (χ4v) is 2.71. The first-order valence-corrected chi connectivity index (χ1v) is 8.22. The first-order valence-electron chi connectivity index (χ1n) is 8.22. The van der Waals surface area contributed by atoms with Gasteiger partial charge in [-0.3, -0.25) is 4.79 Å². The van der Waals surface area contributed by atoms with E-state index in [1.54, 1.807) is 0 Å². The van der Waals surface area contributed by atoms with Gasteiger partial charge < -0.3 is 26.8 Å². The maximum atomic E-state index is 10.6. The van der Waals surface area contributed by atoms with Crippen molar-refractivity contribution in [1.29, 1.82) is 0 Å². The number of aliphatic carboxylic acids is 1. The summed E-state index contributed by atoms with van der Waals surface area (Å²) in [6.07, 6.45) is 0.769. The van der Waals surface area contributed by atoms with Crippen molar-refractivity contribution in [2.24, 2.45) is 0 Å². The molecule has 6 nitrogen and oxygen atoms in total. The second-order valence-corrected chi connectivity index (χ2v) is 6.33. The van der Waals surface area contributed by atoms with Crippen molar-refractivity contribution < 1.29 is 26.7 Å². The molecule has 2 aliphatic rings. The van der Waals surface area contributed by atoms with Gasteiger partial charge in [-0.15, -0.1) is 0 Å². The molecule has 1 aliphatic carbocycles. The van der Waals surface area contributed by atoms with Gasteiger partial charge in [0.1, 0.15) is 25.3 Å². The minimum absolute atomic E-state index is 0. The van der Waals surface area contributed by atoms with E-state index in [0.29, 0.717) is 18.5 Å². The maximum absolute atomic E-state index is 10.6. The number of halogens is 1. The molecule has 1 aromatic carbocycles. The smallest absolute Gasteiger partial charge is 0.303 e. The van der Waals surface area contributed by atoms with Gasteiger partial charge in [0, 0.05) is 37.8 Å². The molecule has 0 bridgehead atoms. The van der Waals surface area contributed by atoms with Crippen LogP contribution in [0.5, 0.6) is 0 Å². The molecule has 0 saturated heterocycles. The van der Waals surface area contributed by atoms with Crippen LogP contribution in [0.1, 0.15) is 12.8 Å². The second-order valence-electron chi connectivity index (χ2n) is 6.33. The van der Waals surface area contributed by atoms with E-state index in [0.717, 1.165) is 28.0 Å². The lowest BCUT2D eigenvalue weighted by Gasteiger charge is -2.19. The molecule has 0 radical (unpaired) electrons. The highest BCUT2D eigenvalue weighted by Crippen LogP contribution is 2.26. The number of rotatable bonds is 5. The number of carboxylic acid groups (broad SMARTS) is 1. The summed E-state index contributed by atoms with van der Waals surface area (Å²) >= 11 is 0. The minimum atomic E-state index is -0.769. The van der Waals surface area contributed by atoms with Crippen molar-refractivity contribution in [3.05, 3.63) is 41.8 Å². The van der Waals surface area contributed by atoms with Gasteiger partial charge in [-0.25, -0.2) is 9.56 Å². The summed E-state index contributed by atoms with van der Waals surface area (Å²) in [5.41, 5.74) is 3.31. The zero-order valence-corrected chi connectivity index (χ0v) is 15.8. The molecule has 1 N–H and O–H groups in total. The summed E-state index contributed by atoms with van der Waals surface area (Å²) in [6, 6.07) is 11.8. The van der Waals surface area contributed by atoms with Crippen LogP contribution in [0.2, 0.25) is 0 Å². The highest BCUT2D eigenvalue weighted by Gasteiger charge is 2.12. The quantitative estimate of drug-likeness (QED) is 0.470. The average molecular weight is 376 g/mol. The van der Waals surface area contributed by atoms with Gasteiger partial charge in [0.25, 0.3) is 0 Å². The Kier molecular flexibility index (Phi) is 6.21. The van der Waals surface area contributed by atoms with Gasteiger partial charge in [0.05, 0.1) is 6.07 Å². The van der Waals surface area contributed by atoms with E-state index in [1.165, 1.54) is 0 Å². The van der Waals surface area contributed by atoms with Crippen LogP contribution in [0.25, 0.3) is 22.6 Å². The van der Waals surface area contributed by atoms with Crippen LogP contribution in [0.3, 0.4) is 0 Å². The third-order valence-electron chi connectivity index (χ3n) is 4.19. The first kappa shape index (κ1) is 19.7. The molecule has 1 heterocycles. The SMILES string of the molecule is CN(CCCC(=O)O)c1ccc2nc3ccc(=[N+](C)C)cc-3oc2c1.[Cl-]. The molecular formula is C19H22ClN3O3. The first-order chi connectivity index (χ1) is 11.9. The van der Waals surface area contributed by atoms with Crippen LogP contribution in [0.4, 0.5) is 5.69 Å². The van der Waals surface area contributed by atoms with Gasteiger partial charge in [0.15, 0.2) is 11.3 Å². The third-order valence-corrected chi connectivity index (χ3v) is 4.19. The van der Waals surface area contributed by atoms with Gasteiger partial charge >= 0.3 is 5.97 Å². The van der Waals surface area contributed by atoms with Crippen molar-refractivity contribution in [1.82, 2.24) is 9.56 Å². The Balaban J connectivity index is 0.00000243. The monoisotopic (exact) mass is 375 g/mol. The van der Waals surface area contributed by atoms with Crippen molar-refractivity contribution >= 4 is 22.8 Å². The van der Waals surface area contributed by atoms with Crippen LogP contribution in [-0.2, 0) is 4.79 Å². The Morgan fingerprint density at radius 1 is 1.23 bits per heavy atom.